The van der Waals surface area contributed by atoms with Gasteiger partial charge in [0.2, 0.25) is 0 Å². The smallest absolute Gasteiger partial charge is 0.303 e. The summed E-state index contributed by atoms with van der Waals surface area (Å²) in [6.45, 7) is 4.77. The second-order valence-electron chi connectivity index (χ2n) is 10.8. The van der Waals surface area contributed by atoms with Gasteiger partial charge in [0.25, 0.3) is 0 Å². The van der Waals surface area contributed by atoms with Gasteiger partial charge in [0, 0.05) is 6.42 Å². The summed E-state index contributed by atoms with van der Waals surface area (Å²) in [5, 5.41) is 30.5. The van der Waals surface area contributed by atoms with Crippen molar-refractivity contribution in [2.24, 2.45) is 40.4 Å². The van der Waals surface area contributed by atoms with Crippen molar-refractivity contribution in [3.05, 3.63) is 0 Å². The Kier molecular flexibility index (Phi) is 5.12. The Hall–Kier alpha value is -0.610. The fourth-order valence-corrected chi connectivity index (χ4v) is 8.29. The van der Waals surface area contributed by atoms with E-state index in [-0.39, 0.29) is 29.5 Å². The van der Waals surface area contributed by atoms with Crippen LogP contribution in [-0.4, -0.2) is 33.5 Å². The summed E-state index contributed by atoms with van der Waals surface area (Å²) in [5.41, 5.74) is 0.253. The Morgan fingerprint density at radius 3 is 2.52 bits per heavy atom. The molecule has 4 nitrogen and oxygen atoms in total. The molecule has 4 saturated carbocycles. The first-order valence-corrected chi connectivity index (χ1v) is 11.3. The molecule has 0 heterocycles. The van der Waals surface area contributed by atoms with Crippen LogP contribution in [0.3, 0.4) is 0 Å². The second kappa shape index (κ2) is 7.02. The van der Waals surface area contributed by atoms with Gasteiger partial charge in [-0.25, -0.2) is 0 Å². The van der Waals surface area contributed by atoms with Crippen LogP contribution in [0.25, 0.3) is 0 Å². The van der Waals surface area contributed by atoms with Crippen molar-refractivity contribution < 1.29 is 20.1 Å². The Balaban J connectivity index is 1.53. The van der Waals surface area contributed by atoms with Gasteiger partial charge >= 0.3 is 5.97 Å². The molecule has 0 radical (unpaired) electrons. The summed E-state index contributed by atoms with van der Waals surface area (Å²) < 4.78 is 0. The topological polar surface area (TPSA) is 77.8 Å². The van der Waals surface area contributed by atoms with E-state index in [0.29, 0.717) is 29.6 Å². The molecule has 154 valence electrons. The molecule has 4 aliphatic carbocycles. The van der Waals surface area contributed by atoms with Crippen molar-refractivity contribution in [1.82, 2.24) is 0 Å². The van der Waals surface area contributed by atoms with Crippen molar-refractivity contribution in [1.29, 1.82) is 0 Å². The minimum absolute atomic E-state index is 0.0307. The van der Waals surface area contributed by atoms with Crippen LogP contribution in [0.15, 0.2) is 0 Å². The van der Waals surface area contributed by atoms with Gasteiger partial charge in [0.1, 0.15) is 0 Å². The number of aliphatic carboxylic acids is 1. The number of carboxylic acids is 1. The van der Waals surface area contributed by atoms with E-state index in [1.165, 1.54) is 19.3 Å². The van der Waals surface area contributed by atoms with Crippen molar-refractivity contribution in [3.63, 3.8) is 0 Å². The predicted octanol–water partition coefficient (Wildman–Crippen LogP) is 4.23. The molecule has 4 fully saturated rings. The molecule has 0 bridgehead atoms. The van der Waals surface area contributed by atoms with Crippen molar-refractivity contribution in [2.45, 2.75) is 96.7 Å². The molecule has 27 heavy (non-hydrogen) atoms. The van der Waals surface area contributed by atoms with Gasteiger partial charge in [-0.15, -0.1) is 0 Å². The fraction of sp³-hybridized carbons (Fsp3) is 0.957. The number of hydrogen-bond acceptors (Lipinski definition) is 3. The standard InChI is InChI=1S/C23H38O4/c1-22-11-10-16(24)12-15(22)6-8-17-18-9-7-14(4-3-5-21(26)27)23(18,2)20(25)13-19(17)22/h14-20,24-25H,3-13H2,1-2H3,(H,26,27)/t14?,15?,16-,17?,18?,19?,20+,22?,23?/m1/s1. The molecule has 0 aromatic rings. The first-order chi connectivity index (χ1) is 12.8. The first-order valence-electron chi connectivity index (χ1n) is 11.3. The molecule has 7 unspecified atom stereocenters. The minimum atomic E-state index is -0.704. The number of aliphatic hydroxyl groups is 2. The Labute approximate surface area is 163 Å². The van der Waals surface area contributed by atoms with Gasteiger partial charge in [-0.05, 0) is 105 Å². The van der Waals surface area contributed by atoms with Crippen LogP contribution < -0.4 is 0 Å². The first kappa shape index (κ1) is 19.7. The maximum Gasteiger partial charge on any atom is 0.303 e. The monoisotopic (exact) mass is 378 g/mol. The highest BCUT2D eigenvalue weighted by Gasteiger charge is 2.62. The Morgan fingerprint density at radius 1 is 1.00 bits per heavy atom. The summed E-state index contributed by atoms with van der Waals surface area (Å²) in [6.07, 6.45) is 10.3. The van der Waals surface area contributed by atoms with Crippen molar-refractivity contribution in [2.75, 3.05) is 0 Å². The highest BCUT2D eigenvalue weighted by Crippen LogP contribution is 2.67. The summed E-state index contributed by atoms with van der Waals surface area (Å²) in [6, 6.07) is 0. The van der Waals surface area contributed by atoms with Crippen LogP contribution in [0.1, 0.15) is 84.5 Å². The molecule has 0 aromatic heterocycles. The van der Waals surface area contributed by atoms with Gasteiger partial charge in [0.05, 0.1) is 12.2 Å². The highest BCUT2D eigenvalue weighted by atomic mass is 16.4. The average Bonchev–Trinajstić information content (AvgIpc) is 2.95. The van der Waals surface area contributed by atoms with Gasteiger partial charge in [0.15, 0.2) is 0 Å². The lowest BCUT2D eigenvalue weighted by Gasteiger charge is -2.62. The number of aliphatic hydroxyl groups excluding tert-OH is 2. The van der Waals surface area contributed by atoms with E-state index in [0.717, 1.165) is 44.9 Å². The largest absolute Gasteiger partial charge is 0.481 e. The normalized spacial score (nSPS) is 51.9. The average molecular weight is 379 g/mol. The molecule has 3 N–H and O–H groups in total. The van der Waals surface area contributed by atoms with Crippen LogP contribution in [-0.2, 0) is 4.79 Å². The molecule has 4 heteroatoms. The number of hydrogen-bond donors (Lipinski definition) is 3. The number of rotatable bonds is 4. The van der Waals surface area contributed by atoms with E-state index in [1.807, 2.05) is 0 Å². The molecule has 0 aromatic carbocycles. The molecule has 9 atom stereocenters. The molecular weight excluding hydrogens is 340 g/mol. The third-order valence-corrected chi connectivity index (χ3v) is 9.88. The predicted molar refractivity (Wildman–Crippen MR) is 104 cm³/mol. The van der Waals surface area contributed by atoms with Gasteiger partial charge < -0.3 is 15.3 Å². The summed E-state index contributed by atoms with van der Waals surface area (Å²) >= 11 is 0. The van der Waals surface area contributed by atoms with Crippen LogP contribution in [0.4, 0.5) is 0 Å². The van der Waals surface area contributed by atoms with E-state index >= 15 is 0 Å². The van der Waals surface area contributed by atoms with Crippen molar-refractivity contribution in [3.8, 4) is 0 Å². The lowest BCUT2D eigenvalue weighted by molar-refractivity contribution is -0.171. The maximum absolute atomic E-state index is 11.3. The zero-order valence-electron chi connectivity index (χ0n) is 17.1. The van der Waals surface area contributed by atoms with Crippen LogP contribution in [0.5, 0.6) is 0 Å². The summed E-state index contributed by atoms with van der Waals surface area (Å²) in [7, 11) is 0. The highest BCUT2D eigenvalue weighted by molar-refractivity contribution is 5.66. The number of carbonyl (C=O) groups is 1. The minimum Gasteiger partial charge on any atom is -0.481 e. The van der Waals surface area contributed by atoms with Crippen LogP contribution >= 0.6 is 0 Å². The molecular formula is C23H38O4. The molecule has 4 aliphatic rings. The quantitative estimate of drug-likeness (QED) is 0.684. The SMILES string of the molecule is CC12CC[C@@H](O)CC1CCC1C2C[C@H](O)C2(C)C(CCCC(=O)O)CCC12. The Bertz CT molecular complexity index is 577. The zero-order valence-corrected chi connectivity index (χ0v) is 17.1. The van der Waals surface area contributed by atoms with Crippen LogP contribution in [0.2, 0.25) is 0 Å². The summed E-state index contributed by atoms with van der Waals surface area (Å²) in [5.74, 6) is 2.27. The second-order valence-corrected chi connectivity index (χ2v) is 10.8. The van der Waals surface area contributed by atoms with Gasteiger partial charge in [-0.2, -0.15) is 0 Å². The zero-order chi connectivity index (χ0) is 19.4. The number of fused-ring (bicyclic) bond motifs is 5. The molecule has 0 saturated heterocycles. The third kappa shape index (κ3) is 3.06. The van der Waals surface area contributed by atoms with E-state index in [4.69, 9.17) is 5.11 Å². The number of carboxylic acid groups (broad SMARTS) is 1. The van der Waals surface area contributed by atoms with Gasteiger partial charge in [-0.3, -0.25) is 4.79 Å². The lowest BCUT2D eigenvalue weighted by atomic mass is 9.44. The maximum atomic E-state index is 11.3. The third-order valence-electron chi connectivity index (χ3n) is 9.88. The summed E-state index contributed by atoms with van der Waals surface area (Å²) in [4.78, 5) is 10.9. The van der Waals surface area contributed by atoms with E-state index in [9.17, 15) is 15.0 Å². The molecule has 0 spiro atoms. The molecule has 0 aliphatic heterocycles. The van der Waals surface area contributed by atoms with Crippen LogP contribution in [0, 0.1) is 40.4 Å². The Morgan fingerprint density at radius 2 is 1.78 bits per heavy atom. The van der Waals surface area contributed by atoms with Gasteiger partial charge in [-0.1, -0.05) is 13.8 Å². The van der Waals surface area contributed by atoms with E-state index in [1.54, 1.807) is 0 Å². The fourth-order valence-electron chi connectivity index (χ4n) is 8.29. The van der Waals surface area contributed by atoms with E-state index < -0.39 is 5.97 Å². The van der Waals surface area contributed by atoms with E-state index in [2.05, 4.69) is 13.8 Å². The molecule has 0 amide bonds. The molecule has 4 rings (SSSR count). The lowest BCUT2D eigenvalue weighted by Crippen LogP contribution is -2.58. The van der Waals surface area contributed by atoms with Crippen molar-refractivity contribution >= 4 is 5.97 Å².